The van der Waals surface area contributed by atoms with Gasteiger partial charge in [-0.1, -0.05) is 29.3 Å². The van der Waals surface area contributed by atoms with Crippen LogP contribution in [0.4, 0.5) is 4.39 Å². The van der Waals surface area contributed by atoms with Crippen LogP contribution in [-0.4, -0.2) is 38.3 Å². The first-order valence-electron chi connectivity index (χ1n) is 9.01. The predicted molar refractivity (Wildman–Crippen MR) is 113 cm³/mol. The second-order valence-corrected chi connectivity index (χ2v) is 7.17. The van der Waals surface area contributed by atoms with E-state index in [1.807, 2.05) is 22.9 Å². The molecule has 3 aromatic rings. The van der Waals surface area contributed by atoms with Crippen LogP contribution in [0, 0.1) is 5.82 Å². The molecule has 2 aromatic carbocycles. The van der Waals surface area contributed by atoms with Gasteiger partial charge in [0.05, 0.1) is 12.9 Å². The molecular weight excluding hydrogens is 450 g/mol. The molecule has 7 nitrogen and oxygen atoms in total. The smallest absolute Gasteiger partial charge is 0.414 e. The van der Waals surface area contributed by atoms with Crippen LogP contribution in [0.25, 0.3) is 0 Å². The summed E-state index contributed by atoms with van der Waals surface area (Å²) in [5, 5.41) is 16.0. The molecule has 0 fully saturated rings. The molecule has 10 heteroatoms. The van der Waals surface area contributed by atoms with Crippen LogP contribution in [0.2, 0.25) is 10.0 Å². The molecule has 0 bridgehead atoms. The van der Waals surface area contributed by atoms with Crippen molar-refractivity contribution in [2.45, 2.75) is 18.9 Å². The summed E-state index contributed by atoms with van der Waals surface area (Å²) in [5.41, 5.74) is 1.02. The summed E-state index contributed by atoms with van der Waals surface area (Å²) < 4.78 is 20.7. The van der Waals surface area contributed by atoms with Gasteiger partial charge in [-0.2, -0.15) is 0 Å². The van der Waals surface area contributed by atoms with Gasteiger partial charge in [-0.05, 0) is 48.4 Å². The SMILES string of the molecule is Fc1ccc(OCCC(Cn2ccnc2)c2ccc(Cl)cc2Cl)cc1.O=C(O)C(=O)O. The Morgan fingerprint density at radius 3 is 2.32 bits per heavy atom. The summed E-state index contributed by atoms with van der Waals surface area (Å²) in [6, 6.07) is 11.5. The molecule has 1 unspecified atom stereocenters. The number of benzene rings is 2. The molecule has 164 valence electrons. The van der Waals surface area contributed by atoms with Crippen LogP contribution < -0.4 is 4.74 Å². The number of hydrogen-bond acceptors (Lipinski definition) is 4. The van der Waals surface area contributed by atoms with E-state index in [1.165, 1.54) is 12.1 Å². The summed E-state index contributed by atoms with van der Waals surface area (Å²) in [4.78, 5) is 22.3. The molecule has 1 heterocycles. The Hall–Kier alpha value is -3.10. The van der Waals surface area contributed by atoms with Gasteiger partial charge in [0.15, 0.2) is 0 Å². The van der Waals surface area contributed by atoms with E-state index >= 15 is 0 Å². The summed E-state index contributed by atoms with van der Waals surface area (Å²) >= 11 is 12.4. The molecule has 1 atom stereocenters. The minimum absolute atomic E-state index is 0.138. The largest absolute Gasteiger partial charge is 0.494 e. The zero-order valence-electron chi connectivity index (χ0n) is 16.1. The lowest BCUT2D eigenvalue weighted by Crippen LogP contribution is -2.12. The molecule has 0 saturated carbocycles. The summed E-state index contributed by atoms with van der Waals surface area (Å²) in [6.45, 7) is 1.22. The fraction of sp³-hybridized carbons (Fsp3) is 0.190. The fourth-order valence-corrected chi connectivity index (χ4v) is 3.24. The highest BCUT2D eigenvalue weighted by molar-refractivity contribution is 6.35. The monoisotopic (exact) mass is 468 g/mol. The van der Waals surface area contributed by atoms with Gasteiger partial charge in [0.1, 0.15) is 11.6 Å². The highest BCUT2D eigenvalue weighted by atomic mass is 35.5. The number of aromatic nitrogens is 2. The molecule has 1 aromatic heterocycles. The van der Waals surface area contributed by atoms with Crippen molar-refractivity contribution in [1.82, 2.24) is 9.55 Å². The predicted octanol–water partition coefficient (Wildman–Crippen LogP) is 4.74. The molecule has 0 aliphatic carbocycles. The van der Waals surface area contributed by atoms with E-state index in [4.69, 9.17) is 47.7 Å². The van der Waals surface area contributed by atoms with E-state index in [0.29, 0.717) is 22.4 Å². The van der Waals surface area contributed by atoms with E-state index in [9.17, 15) is 4.39 Å². The van der Waals surface area contributed by atoms with E-state index in [-0.39, 0.29) is 11.7 Å². The van der Waals surface area contributed by atoms with Gasteiger partial charge < -0.3 is 19.5 Å². The Morgan fingerprint density at radius 2 is 1.77 bits per heavy atom. The third kappa shape index (κ3) is 8.27. The number of aliphatic carboxylic acids is 2. The molecule has 0 aliphatic heterocycles. The van der Waals surface area contributed by atoms with Gasteiger partial charge in [0.25, 0.3) is 0 Å². The standard InChI is InChI=1S/C19H17Cl2FN2O.C2H2O4/c20-15-1-6-18(19(21)11-15)14(12-24-9-8-23-13-24)7-10-25-17-4-2-16(22)3-5-17;3-1(4)2(5)6/h1-6,8-9,11,13-14H,7,10,12H2;(H,3,4)(H,5,6). The lowest BCUT2D eigenvalue weighted by Gasteiger charge is -2.20. The van der Waals surface area contributed by atoms with Gasteiger partial charge in [-0.25, -0.2) is 19.0 Å². The Balaban J connectivity index is 0.000000501. The highest BCUT2D eigenvalue weighted by Crippen LogP contribution is 2.31. The quantitative estimate of drug-likeness (QED) is 0.485. The zero-order valence-corrected chi connectivity index (χ0v) is 17.6. The molecule has 0 aliphatic rings. The number of hydrogen-bond donors (Lipinski definition) is 2. The van der Waals surface area contributed by atoms with Crippen LogP contribution >= 0.6 is 23.2 Å². The van der Waals surface area contributed by atoms with Crippen LogP contribution in [0.15, 0.2) is 61.2 Å². The van der Waals surface area contributed by atoms with Crippen molar-refractivity contribution in [3.8, 4) is 5.75 Å². The fourth-order valence-electron chi connectivity index (χ4n) is 2.68. The number of ether oxygens (including phenoxy) is 1. The van der Waals surface area contributed by atoms with Crippen LogP contribution in [0.3, 0.4) is 0 Å². The van der Waals surface area contributed by atoms with E-state index < -0.39 is 11.9 Å². The van der Waals surface area contributed by atoms with Gasteiger partial charge >= 0.3 is 11.9 Å². The third-order valence-corrected chi connectivity index (χ3v) is 4.69. The number of imidazole rings is 1. The Kier molecular flexibility index (Phi) is 9.30. The maximum absolute atomic E-state index is 13.0. The molecule has 2 N–H and O–H groups in total. The van der Waals surface area contributed by atoms with Crippen LogP contribution in [-0.2, 0) is 16.1 Å². The van der Waals surface area contributed by atoms with Gasteiger partial charge in [0, 0.05) is 34.9 Å². The Labute approximate surface area is 187 Å². The minimum atomic E-state index is -1.82. The number of nitrogens with zero attached hydrogens (tertiary/aromatic N) is 2. The normalized spacial score (nSPS) is 11.2. The summed E-state index contributed by atoms with van der Waals surface area (Å²) in [5.74, 6) is -3.15. The lowest BCUT2D eigenvalue weighted by molar-refractivity contribution is -0.159. The van der Waals surface area contributed by atoms with Crippen LogP contribution in [0.1, 0.15) is 17.9 Å². The zero-order chi connectivity index (χ0) is 22.8. The Bertz CT molecular complexity index is 986. The topological polar surface area (TPSA) is 102 Å². The van der Waals surface area contributed by atoms with E-state index in [0.717, 1.165) is 18.5 Å². The average Bonchev–Trinajstić information content (AvgIpc) is 3.22. The Morgan fingerprint density at radius 1 is 1.10 bits per heavy atom. The minimum Gasteiger partial charge on any atom is -0.494 e. The van der Waals surface area contributed by atoms with Crippen molar-refractivity contribution in [3.63, 3.8) is 0 Å². The first-order valence-corrected chi connectivity index (χ1v) is 9.77. The van der Waals surface area contributed by atoms with E-state index in [1.54, 1.807) is 30.7 Å². The third-order valence-electron chi connectivity index (χ3n) is 4.12. The second-order valence-electron chi connectivity index (χ2n) is 6.32. The van der Waals surface area contributed by atoms with Gasteiger partial charge in [0.2, 0.25) is 0 Å². The van der Waals surface area contributed by atoms with Crippen molar-refractivity contribution >= 4 is 35.1 Å². The van der Waals surface area contributed by atoms with Gasteiger partial charge in [-0.15, -0.1) is 0 Å². The number of carbonyl (C=O) groups is 2. The molecular formula is C21H19Cl2FN2O5. The highest BCUT2D eigenvalue weighted by Gasteiger charge is 2.16. The van der Waals surface area contributed by atoms with Gasteiger partial charge in [-0.3, -0.25) is 0 Å². The number of carboxylic acid groups (broad SMARTS) is 2. The molecule has 0 radical (unpaired) electrons. The van der Waals surface area contributed by atoms with Crippen molar-refractivity contribution in [2.24, 2.45) is 0 Å². The van der Waals surface area contributed by atoms with E-state index in [2.05, 4.69) is 4.98 Å². The number of rotatable bonds is 7. The number of carboxylic acids is 2. The molecule has 0 spiro atoms. The van der Waals surface area contributed by atoms with Crippen molar-refractivity contribution in [2.75, 3.05) is 6.61 Å². The maximum Gasteiger partial charge on any atom is 0.414 e. The first kappa shape index (κ1) is 24.2. The van der Waals surface area contributed by atoms with Crippen molar-refractivity contribution in [3.05, 3.63) is 82.6 Å². The summed E-state index contributed by atoms with van der Waals surface area (Å²) in [6.07, 6.45) is 6.18. The average molecular weight is 469 g/mol. The van der Waals surface area contributed by atoms with Crippen molar-refractivity contribution in [1.29, 1.82) is 0 Å². The number of halogens is 3. The second kappa shape index (κ2) is 11.9. The van der Waals surface area contributed by atoms with Crippen LogP contribution in [0.5, 0.6) is 5.75 Å². The lowest BCUT2D eigenvalue weighted by atomic mass is 9.95. The first-order chi connectivity index (χ1) is 14.8. The molecule has 0 amide bonds. The van der Waals surface area contributed by atoms with Crippen molar-refractivity contribution < 1.29 is 28.9 Å². The molecule has 31 heavy (non-hydrogen) atoms. The maximum atomic E-state index is 13.0. The molecule has 3 rings (SSSR count). The molecule has 0 saturated heterocycles. The summed E-state index contributed by atoms with van der Waals surface area (Å²) in [7, 11) is 0.